The van der Waals surface area contributed by atoms with E-state index in [9.17, 15) is 5.11 Å². The maximum Gasteiger partial charge on any atom is 0.142 e. The molecule has 2 saturated carbocycles. The molecule has 3 aromatic rings. The maximum absolute atomic E-state index is 10.5. The second-order valence-electron chi connectivity index (χ2n) is 12.4. The van der Waals surface area contributed by atoms with Crippen LogP contribution < -0.4 is 19.5 Å². The van der Waals surface area contributed by atoms with Gasteiger partial charge >= 0.3 is 0 Å². The number of aliphatic hydroxyl groups is 1. The SMILES string of the molecule is COc1ccc(CS[C@@H]2CC(=NOCc3ccccc3)C[C@H]3Oc4c(Br)c(OCC5CC5)cc5c4[C@]32C[C@@H](CO)NC5)cc1. The number of ether oxygens (including phenoxy) is 3. The van der Waals surface area contributed by atoms with Crippen LogP contribution in [0.4, 0.5) is 0 Å². The fourth-order valence-corrected chi connectivity index (χ4v) is 8.99. The summed E-state index contributed by atoms with van der Waals surface area (Å²) in [5.41, 5.74) is 5.48. The first-order valence-corrected chi connectivity index (χ1v) is 17.4. The highest BCUT2D eigenvalue weighted by Crippen LogP contribution is 2.61. The van der Waals surface area contributed by atoms with E-state index in [0.717, 1.165) is 58.2 Å². The Bertz CT molecular complexity index is 1500. The van der Waals surface area contributed by atoms with Crippen molar-refractivity contribution >= 4 is 33.4 Å². The number of oxime groups is 1. The van der Waals surface area contributed by atoms with E-state index in [4.69, 9.17) is 24.2 Å². The van der Waals surface area contributed by atoms with Crippen LogP contribution in [-0.2, 0) is 29.2 Å². The average molecular weight is 680 g/mol. The Morgan fingerprint density at radius 1 is 1.09 bits per heavy atom. The summed E-state index contributed by atoms with van der Waals surface area (Å²) >= 11 is 5.85. The number of aliphatic hydroxyl groups excluding tert-OH is 1. The van der Waals surface area contributed by atoms with Crippen LogP contribution in [-0.4, -0.2) is 48.5 Å². The van der Waals surface area contributed by atoms with Gasteiger partial charge in [0.2, 0.25) is 0 Å². The lowest BCUT2D eigenvalue weighted by atomic mass is 9.64. The monoisotopic (exact) mass is 678 g/mol. The Morgan fingerprint density at radius 3 is 2.66 bits per heavy atom. The highest BCUT2D eigenvalue weighted by atomic mass is 79.9. The molecule has 7 nitrogen and oxygen atoms in total. The third-order valence-corrected chi connectivity index (χ3v) is 11.7. The van der Waals surface area contributed by atoms with E-state index in [0.29, 0.717) is 25.5 Å². The number of methoxy groups -OCH3 is 1. The molecule has 2 heterocycles. The van der Waals surface area contributed by atoms with Gasteiger partial charge in [-0.3, -0.25) is 0 Å². The normalized spacial score (nSPS) is 26.3. The predicted octanol–water partition coefficient (Wildman–Crippen LogP) is 6.77. The lowest BCUT2D eigenvalue weighted by Crippen LogP contribution is -2.54. The minimum Gasteiger partial charge on any atom is -0.497 e. The summed E-state index contributed by atoms with van der Waals surface area (Å²) < 4.78 is 19.6. The van der Waals surface area contributed by atoms with Crippen LogP contribution in [0.3, 0.4) is 0 Å². The standard InChI is InChI=1S/C35H39BrN2O5S/c1-40-28-11-9-24(10-12-28)21-44-31-15-26(38-42-20-22-5-3-2-4-6-22)14-30-35(31)16-27(18-39)37-17-25-13-29(41-19-23-7-8-23)33(36)34(43-30)32(25)35/h2-6,9-13,23,27,30-31,37,39H,7-8,14-21H2,1H3/t27-,30+,31+,35+/m0/s1. The summed E-state index contributed by atoms with van der Waals surface area (Å²) in [7, 11) is 1.69. The second-order valence-corrected chi connectivity index (χ2v) is 14.4. The van der Waals surface area contributed by atoms with E-state index in [1.807, 2.05) is 42.1 Å². The van der Waals surface area contributed by atoms with Gasteiger partial charge in [-0.1, -0.05) is 47.6 Å². The number of nitrogens with zero attached hydrogens (tertiary/aromatic N) is 1. The van der Waals surface area contributed by atoms with Gasteiger partial charge in [0.15, 0.2) is 0 Å². The van der Waals surface area contributed by atoms with Crippen LogP contribution >= 0.6 is 27.7 Å². The van der Waals surface area contributed by atoms with E-state index in [1.165, 1.54) is 29.5 Å². The van der Waals surface area contributed by atoms with E-state index >= 15 is 0 Å². The van der Waals surface area contributed by atoms with Gasteiger partial charge in [0.25, 0.3) is 0 Å². The maximum atomic E-state index is 10.5. The van der Waals surface area contributed by atoms with Crippen LogP contribution in [0.25, 0.3) is 0 Å². The zero-order chi connectivity index (χ0) is 30.1. The van der Waals surface area contributed by atoms with E-state index in [1.54, 1.807) is 7.11 Å². The van der Waals surface area contributed by atoms with Gasteiger partial charge in [-0.25, -0.2) is 0 Å². The van der Waals surface area contributed by atoms with Crippen molar-refractivity contribution in [1.29, 1.82) is 0 Å². The van der Waals surface area contributed by atoms with Crippen LogP contribution in [0.1, 0.15) is 54.4 Å². The molecule has 3 aromatic carbocycles. The molecule has 4 aliphatic rings. The van der Waals surface area contributed by atoms with Crippen LogP contribution in [0.2, 0.25) is 0 Å². The predicted molar refractivity (Wildman–Crippen MR) is 177 cm³/mol. The molecule has 2 fully saturated rings. The number of hydrogen-bond acceptors (Lipinski definition) is 8. The quantitative estimate of drug-likeness (QED) is 0.217. The highest BCUT2D eigenvalue weighted by molar-refractivity contribution is 9.10. The Kier molecular flexibility index (Phi) is 8.82. The van der Waals surface area contributed by atoms with Crippen LogP contribution in [0.15, 0.2) is 70.3 Å². The fourth-order valence-electron chi connectivity index (χ4n) is 6.91. The van der Waals surface area contributed by atoms with Crippen molar-refractivity contribution in [2.24, 2.45) is 11.1 Å². The molecule has 2 aliphatic heterocycles. The summed E-state index contributed by atoms with van der Waals surface area (Å²) in [6, 6.07) is 20.6. The molecule has 232 valence electrons. The zero-order valence-electron chi connectivity index (χ0n) is 25.0. The molecule has 7 rings (SSSR count). The van der Waals surface area contributed by atoms with Gasteiger partial charge in [0.05, 0.1) is 31.5 Å². The van der Waals surface area contributed by atoms with Gasteiger partial charge < -0.3 is 29.5 Å². The number of rotatable bonds is 11. The van der Waals surface area contributed by atoms with Gasteiger partial charge in [-0.15, -0.1) is 0 Å². The molecule has 1 spiro atoms. The van der Waals surface area contributed by atoms with E-state index < -0.39 is 0 Å². The summed E-state index contributed by atoms with van der Waals surface area (Å²) in [4.78, 5) is 5.92. The molecule has 9 heteroatoms. The minimum absolute atomic E-state index is 0.0500. The number of benzene rings is 3. The van der Waals surface area contributed by atoms with Gasteiger partial charge in [-0.2, -0.15) is 11.8 Å². The molecule has 4 atom stereocenters. The number of thioether (sulfide) groups is 1. The molecule has 2 N–H and O–H groups in total. The van der Waals surface area contributed by atoms with Crippen molar-refractivity contribution in [3.8, 4) is 17.2 Å². The first-order chi connectivity index (χ1) is 21.6. The molecule has 0 radical (unpaired) electrons. The van der Waals surface area contributed by atoms with Gasteiger partial charge in [0.1, 0.15) is 34.4 Å². The first-order valence-electron chi connectivity index (χ1n) is 15.5. The number of nitrogens with one attached hydrogen (secondary N) is 1. The first kappa shape index (κ1) is 30.0. The second kappa shape index (κ2) is 12.9. The molecule has 0 unspecified atom stereocenters. The number of halogens is 1. The number of hydrogen-bond donors (Lipinski definition) is 2. The fraction of sp³-hybridized carbons (Fsp3) is 0.457. The molecule has 44 heavy (non-hydrogen) atoms. The Labute approximate surface area is 271 Å². The third kappa shape index (κ3) is 5.96. The van der Waals surface area contributed by atoms with Crippen molar-refractivity contribution in [2.45, 2.75) is 73.8 Å². The molecule has 0 bridgehead atoms. The average Bonchev–Trinajstić information content (AvgIpc) is 3.85. The van der Waals surface area contributed by atoms with Gasteiger partial charge in [0, 0.05) is 42.0 Å². The summed E-state index contributed by atoms with van der Waals surface area (Å²) in [6.07, 6.45) is 4.56. The molecule has 0 amide bonds. The summed E-state index contributed by atoms with van der Waals surface area (Å²) in [5.74, 6) is 4.07. The summed E-state index contributed by atoms with van der Waals surface area (Å²) in [5, 5.41) is 19.0. The largest absolute Gasteiger partial charge is 0.497 e. The molecular weight excluding hydrogens is 640 g/mol. The van der Waals surface area contributed by atoms with E-state index in [-0.39, 0.29) is 29.4 Å². The Morgan fingerprint density at radius 2 is 1.91 bits per heavy atom. The van der Waals surface area contributed by atoms with Crippen molar-refractivity contribution < 1.29 is 24.2 Å². The zero-order valence-corrected chi connectivity index (χ0v) is 27.4. The lowest BCUT2D eigenvalue weighted by molar-refractivity contribution is 0.101. The Hall–Kier alpha value is -2.72. The topological polar surface area (TPSA) is 81.5 Å². The smallest absolute Gasteiger partial charge is 0.142 e. The summed E-state index contributed by atoms with van der Waals surface area (Å²) in [6.45, 7) is 1.89. The minimum atomic E-state index is -0.311. The van der Waals surface area contributed by atoms with Crippen molar-refractivity contribution in [2.75, 3.05) is 20.3 Å². The van der Waals surface area contributed by atoms with Crippen LogP contribution in [0, 0.1) is 5.92 Å². The molecule has 2 aliphatic carbocycles. The van der Waals surface area contributed by atoms with Crippen molar-refractivity contribution in [1.82, 2.24) is 5.32 Å². The highest BCUT2D eigenvalue weighted by Gasteiger charge is 2.60. The lowest BCUT2D eigenvalue weighted by Gasteiger charge is -2.45. The van der Waals surface area contributed by atoms with Crippen molar-refractivity contribution in [3.05, 3.63) is 87.4 Å². The van der Waals surface area contributed by atoms with Crippen molar-refractivity contribution in [3.63, 3.8) is 0 Å². The van der Waals surface area contributed by atoms with E-state index in [2.05, 4.69) is 51.6 Å². The van der Waals surface area contributed by atoms with Gasteiger partial charge in [-0.05, 0) is 76.0 Å². The molecular formula is C35H39BrN2O5S. The Balaban J connectivity index is 1.24. The third-order valence-electron chi connectivity index (χ3n) is 9.42. The molecule has 0 aromatic heterocycles. The van der Waals surface area contributed by atoms with Crippen LogP contribution in [0.5, 0.6) is 17.2 Å². The molecule has 0 saturated heterocycles.